The highest BCUT2D eigenvalue weighted by Crippen LogP contribution is 2.31. The Morgan fingerprint density at radius 1 is 1.33 bits per heavy atom. The molecule has 0 unspecified atom stereocenters. The Morgan fingerprint density at radius 2 is 2.06 bits per heavy atom. The zero-order valence-electron chi connectivity index (χ0n) is 10.6. The van der Waals surface area contributed by atoms with Gasteiger partial charge in [0.15, 0.2) is 0 Å². The number of aliphatic hydroxyl groups is 1. The second-order valence-electron chi connectivity index (χ2n) is 4.80. The van der Waals surface area contributed by atoms with E-state index in [1.54, 1.807) is 0 Å². The van der Waals surface area contributed by atoms with Gasteiger partial charge in [0.05, 0.1) is 13.2 Å². The van der Waals surface area contributed by atoms with Crippen molar-refractivity contribution in [3.05, 3.63) is 35.7 Å². The Hall–Kier alpha value is -1.72. The summed E-state index contributed by atoms with van der Waals surface area (Å²) in [6.07, 6.45) is 0. The lowest BCUT2D eigenvalue weighted by molar-refractivity contribution is 0.219. The van der Waals surface area contributed by atoms with Gasteiger partial charge in [-0.25, -0.2) is 0 Å². The number of aromatic nitrogens is 2. The summed E-state index contributed by atoms with van der Waals surface area (Å²) in [5.74, 6) is 0.911. The lowest BCUT2D eigenvalue weighted by Gasteiger charge is -2.24. The summed E-state index contributed by atoms with van der Waals surface area (Å²) >= 11 is 0. The Bertz CT molecular complexity index is 535. The molecule has 0 atom stereocenters. The van der Waals surface area contributed by atoms with Crippen molar-refractivity contribution in [3.63, 3.8) is 0 Å². The summed E-state index contributed by atoms with van der Waals surface area (Å²) in [5, 5.41) is 13.4. The molecular weight excluding hydrogens is 230 g/mol. The number of hydrogen-bond donors (Lipinski definition) is 2. The van der Waals surface area contributed by atoms with Gasteiger partial charge in [0.2, 0.25) is 11.7 Å². The van der Waals surface area contributed by atoms with Crippen LogP contribution in [0.5, 0.6) is 0 Å². The minimum atomic E-state index is -0.361. The molecule has 0 aliphatic rings. The topological polar surface area (TPSA) is 85.2 Å². The fraction of sp³-hybridized carbons (Fsp3) is 0.385. The van der Waals surface area contributed by atoms with Crippen molar-refractivity contribution in [2.24, 2.45) is 5.73 Å². The molecule has 2 aromatic rings. The van der Waals surface area contributed by atoms with E-state index in [-0.39, 0.29) is 18.6 Å². The quantitative estimate of drug-likeness (QED) is 0.854. The van der Waals surface area contributed by atoms with E-state index in [9.17, 15) is 5.11 Å². The van der Waals surface area contributed by atoms with E-state index in [2.05, 4.69) is 10.1 Å². The minimum Gasteiger partial charge on any atom is -0.395 e. The van der Waals surface area contributed by atoms with Gasteiger partial charge in [-0.05, 0) is 5.56 Å². The number of benzene rings is 1. The van der Waals surface area contributed by atoms with Gasteiger partial charge in [0.25, 0.3) is 0 Å². The average Bonchev–Trinajstić information content (AvgIpc) is 2.87. The molecular formula is C13H17N3O2. The van der Waals surface area contributed by atoms with Crippen molar-refractivity contribution in [2.45, 2.75) is 25.8 Å². The van der Waals surface area contributed by atoms with Crippen molar-refractivity contribution >= 4 is 0 Å². The van der Waals surface area contributed by atoms with E-state index in [1.807, 2.05) is 38.1 Å². The van der Waals surface area contributed by atoms with Crippen LogP contribution in [0.1, 0.15) is 25.3 Å². The lowest BCUT2D eigenvalue weighted by atomic mass is 9.82. The maximum absolute atomic E-state index is 9.49. The van der Waals surface area contributed by atoms with Gasteiger partial charge in [-0.1, -0.05) is 43.3 Å². The van der Waals surface area contributed by atoms with Gasteiger partial charge in [0.1, 0.15) is 0 Å². The Kier molecular flexibility index (Phi) is 3.45. The Labute approximate surface area is 106 Å². The monoisotopic (exact) mass is 247 g/mol. The molecule has 96 valence electrons. The molecule has 1 heterocycles. The van der Waals surface area contributed by atoms with Crippen LogP contribution in [0.4, 0.5) is 0 Å². The van der Waals surface area contributed by atoms with Gasteiger partial charge in [-0.2, -0.15) is 4.98 Å². The normalized spacial score (nSPS) is 11.8. The number of nitrogens with zero attached hydrogens (tertiary/aromatic N) is 2. The van der Waals surface area contributed by atoms with Crippen LogP contribution in [0.25, 0.3) is 11.4 Å². The smallest absolute Gasteiger partial charge is 0.240 e. The third kappa shape index (κ3) is 2.27. The molecule has 0 aliphatic heterocycles. The molecule has 0 aliphatic carbocycles. The van der Waals surface area contributed by atoms with Gasteiger partial charge in [0, 0.05) is 11.0 Å². The molecule has 0 saturated carbocycles. The molecule has 2 rings (SSSR count). The van der Waals surface area contributed by atoms with E-state index in [0.29, 0.717) is 11.7 Å². The van der Waals surface area contributed by atoms with Gasteiger partial charge < -0.3 is 15.4 Å². The summed E-state index contributed by atoms with van der Waals surface area (Å²) < 4.78 is 5.02. The number of nitrogens with two attached hydrogens (primary N) is 1. The lowest BCUT2D eigenvalue weighted by Crippen LogP contribution is -2.23. The van der Waals surface area contributed by atoms with Gasteiger partial charge in [-0.3, -0.25) is 0 Å². The predicted octanol–water partition coefficient (Wildman–Crippen LogP) is 1.47. The van der Waals surface area contributed by atoms with Crippen molar-refractivity contribution in [1.82, 2.24) is 10.1 Å². The first-order valence-electron chi connectivity index (χ1n) is 5.82. The largest absolute Gasteiger partial charge is 0.395 e. The molecule has 5 nitrogen and oxygen atoms in total. The Morgan fingerprint density at radius 3 is 2.67 bits per heavy atom. The molecule has 1 aromatic heterocycles. The maximum atomic E-state index is 9.49. The summed E-state index contributed by atoms with van der Waals surface area (Å²) in [4.78, 5) is 4.22. The van der Waals surface area contributed by atoms with Crippen LogP contribution in [0.3, 0.4) is 0 Å². The summed E-state index contributed by atoms with van der Waals surface area (Å²) in [6.45, 7) is 4.20. The zero-order chi connectivity index (χ0) is 13.2. The molecule has 0 fully saturated rings. The minimum absolute atomic E-state index is 0.0472. The van der Waals surface area contributed by atoms with E-state index in [0.717, 1.165) is 11.1 Å². The summed E-state index contributed by atoms with van der Waals surface area (Å²) in [7, 11) is 0. The summed E-state index contributed by atoms with van der Waals surface area (Å²) in [6, 6.07) is 7.72. The molecule has 0 radical (unpaired) electrons. The van der Waals surface area contributed by atoms with Crippen molar-refractivity contribution in [3.8, 4) is 11.4 Å². The first kappa shape index (κ1) is 12.7. The third-order valence-electron chi connectivity index (χ3n) is 2.94. The molecule has 0 spiro atoms. The molecule has 1 aromatic carbocycles. The predicted molar refractivity (Wildman–Crippen MR) is 67.7 cm³/mol. The molecule has 3 N–H and O–H groups in total. The SMILES string of the molecule is CC(C)(CO)c1ccccc1-c1noc(CN)n1. The van der Waals surface area contributed by atoms with Crippen molar-refractivity contribution in [1.29, 1.82) is 0 Å². The second kappa shape index (κ2) is 4.88. The first-order valence-corrected chi connectivity index (χ1v) is 5.82. The van der Waals surface area contributed by atoms with Crippen molar-refractivity contribution < 1.29 is 9.63 Å². The highest BCUT2D eigenvalue weighted by molar-refractivity contribution is 5.61. The average molecular weight is 247 g/mol. The number of aliphatic hydroxyl groups excluding tert-OH is 1. The number of rotatable bonds is 4. The standard InChI is InChI=1S/C13H17N3O2/c1-13(2,8-17)10-6-4-3-5-9(10)12-15-11(7-14)18-16-12/h3-6,17H,7-8,14H2,1-2H3. The van der Waals surface area contributed by atoms with Crippen LogP contribution in [-0.4, -0.2) is 21.9 Å². The molecule has 5 heteroatoms. The molecule has 0 bridgehead atoms. The molecule has 18 heavy (non-hydrogen) atoms. The van der Waals surface area contributed by atoms with Gasteiger partial charge >= 0.3 is 0 Å². The van der Waals surface area contributed by atoms with E-state index in [1.165, 1.54) is 0 Å². The number of hydrogen-bond acceptors (Lipinski definition) is 5. The Balaban J connectivity index is 2.51. The van der Waals surface area contributed by atoms with E-state index in [4.69, 9.17) is 10.3 Å². The fourth-order valence-electron chi connectivity index (χ4n) is 1.80. The van der Waals surface area contributed by atoms with Crippen LogP contribution in [0, 0.1) is 0 Å². The van der Waals surface area contributed by atoms with Crippen LogP contribution < -0.4 is 5.73 Å². The maximum Gasteiger partial charge on any atom is 0.240 e. The van der Waals surface area contributed by atoms with Crippen LogP contribution in [0.2, 0.25) is 0 Å². The molecule has 0 saturated heterocycles. The summed E-state index contributed by atoms with van der Waals surface area (Å²) in [5.41, 5.74) is 6.94. The highest BCUT2D eigenvalue weighted by Gasteiger charge is 2.24. The van der Waals surface area contributed by atoms with E-state index >= 15 is 0 Å². The second-order valence-corrected chi connectivity index (χ2v) is 4.80. The van der Waals surface area contributed by atoms with Crippen molar-refractivity contribution in [2.75, 3.05) is 6.61 Å². The third-order valence-corrected chi connectivity index (χ3v) is 2.94. The van der Waals surface area contributed by atoms with Crippen LogP contribution in [-0.2, 0) is 12.0 Å². The van der Waals surface area contributed by atoms with Crippen LogP contribution in [0.15, 0.2) is 28.8 Å². The fourth-order valence-corrected chi connectivity index (χ4v) is 1.80. The first-order chi connectivity index (χ1) is 8.58. The highest BCUT2D eigenvalue weighted by atomic mass is 16.5. The van der Waals surface area contributed by atoms with E-state index < -0.39 is 0 Å². The zero-order valence-corrected chi connectivity index (χ0v) is 10.6. The van der Waals surface area contributed by atoms with Gasteiger partial charge in [-0.15, -0.1) is 0 Å². The molecule has 0 amide bonds. The van der Waals surface area contributed by atoms with Crippen LogP contribution >= 0.6 is 0 Å².